The molecule has 9 nitrogen and oxygen atoms in total. The molecule has 2 saturated heterocycles. The number of ether oxygens (including phenoxy) is 1. The first-order chi connectivity index (χ1) is 14.1. The van der Waals surface area contributed by atoms with Crippen molar-refractivity contribution in [1.29, 1.82) is 0 Å². The van der Waals surface area contributed by atoms with Gasteiger partial charge < -0.3 is 20.3 Å². The number of hydrogen-bond acceptors (Lipinski definition) is 5. The van der Waals surface area contributed by atoms with Gasteiger partial charge in [-0.25, -0.2) is 9.69 Å². The molecule has 30 heavy (non-hydrogen) atoms. The highest BCUT2D eigenvalue weighted by molar-refractivity contribution is 6.09. The van der Waals surface area contributed by atoms with Crippen molar-refractivity contribution in [2.75, 3.05) is 19.6 Å². The molecule has 160 valence electrons. The van der Waals surface area contributed by atoms with Gasteiger partial charge in [-0.1, -0.05) is 12.1 Å². The Morgan fingerprint density at radius 1 is 1.13 bits per heavy atom. The van der Waals surface area contributed by atoms with E-state index in [1.165, 1.54) is 0 Å². The van der Waals surface area contributed by atoms with Gasteiger partial charge in [0.1, 0.15) is 22.9 Å². The first-order valence-corrected chi connectivity index (χ1v) is 10.1. The highest BCUT2D eigenvalue weighted by Gasteiger charge is 2.49. The monoisotopic (exact) mass is 414 g/mol. The zero-order valence-corrected chi connectivity index (χ0v) is 17.4. The third-order valence-corrected chi connectivity index (χ3v) is 6.15. The maximum Gasteiger partial charge on any atom is 0.325 e. The molecule has 0 unspecified atom stereocenters. The van der Waals surface area contributed by atoms with E-state index in [9.17, 15) is 19.2 Å². The van der Waals surface area contributed by atoms with Crippen LogP contribution in [0.2, 0.25) is 0 Å². The Kier molecular flexibility index (Phi) is 4.71. The van der Waals surface area contributed by atoms with E-state index in [2.05, 4.69) is 10.6 Å². The minimum absolute atomic E-state index is 0.171. The van der Waals surface area contributed by atoms with Crippen LogP contribution in [0.4, 0.5) is 4.79 Å². The first-order valence-electron chi connectivity index (χ1n) is 10.1. The maximum absolute atomic E-state index is 13.0. The standard InChI is InChI=1S/C21H26N4O5/c1-13(25-18(28)20(2,3)23-19(25)29)17(27)24-10-8-21(9-11-24)12-22-16(26)14-6-4-5-7-15(14)30-21/h4-7,13H,8-12H2,1-3H3,(H,22,26)(H,23,29)/t13-/m0/s1. The molecule has 3 heterocycles. The van der Waals surface area contributed by atoms with Gasteiger partial charge in [0.05, 0.1) is 12.1 Å². The lowest BCUT2D eigenvalue weighted by Gasteiger charge is -2.42. The van der Waals surface area contributed by atoms with Crippen LogP contribution in [0.1, 0.15) is 44.0 Å². The van der Waals surface area contributed by atoms with Gasteiger partial charge in [0.15, 0.2) is 0 Å². The summed E-state index contributed by atoms with van der Waals surface area (Å²) < 4.78 is 6.26. The molecular weight excluding hydrogens is 388 g/mol. The fourth-order valence-electron chi connectivity index (χ4n) is 4.26. The number of rotatable bonds is 2. The first kappa shape index (κ1) is 20.2. The van der Waals surface area contributed by atoms with Gasteiger partial charge in [-0.05, 0) is 32.9 Å². The summed E-state index contributed by atoms with van der Waals surface area (Å²) in [6.07, 6.45) is 1.07. The highest BCUT2D eigenvalue weighted by Crippen LogP contribution is 2.33. The summed E-state index contributed by atoms with van der Waals surface area (Å²) in [7, 11) is 0. The highest BCUT2D eigenvalue weighted by atomic mass is 16.5. The molecule has 2 fully saturated rings. The average Bonchev–Trinajstić information content (AvgIpc) is 2.83. The van der Waals surface area contributed by atoms with Crippen LogP contribution in [0.3, 0.4) is 0 Å². The maximum atomic E-state index is 13.0. The molecule has 3 aliphatic rings. The second-order valence-electron chi connectivity index (χ2n) is 8.70. The van der Waals surface area contributed by atoms with Crippen molar-refractivity contribution in [3.8, 4) is 5.75 Å². The van der Waals surface area contributed by atoms with Gasteiger partial charge in [-0.15, -0.1) is 0 Å². The number of nitrogens with zero attached hydrogens (tertiary/aromatic N) is 2. The van der Waals surface area contributed by atoms with Crippen molar-refractivity contribution in [2.45, 2.75) is 50.8 Å². The van der Waals surface area contributed by atoms with Gasteiger partial charge in [0.25, 0.3) is 11.8 Å². The number of likely N-dealkylation sites (tertiary alicyclic amines) is 1. The molecule has 1 aromatic carbocycles. The Labute approximate surface area is 174 Å². The van der Waals surface area contributed by atoms with Gasteiger partial charge in [0.2, 0.25) is 5.91 Å². The smallest absolute Gasteiger partial charge is 0.325 e. The van der Waals surface area contributed by atoms with Crippen molar-refractivity contribution in [3.05, 3.63) is 29.8 Å². The second kappa shape index (κ2) is 7.00. The number of piperidine rings is 1. The van der Waals surface area contributed by atoms with E-state index in [0.717, 1.165) is 4.90 Å². The van der Waals surface area contributed by atoms with Crippen molar-refractivity contribution in [3.63, 3.8) is 0 Å². The van der Waals surface area contributed by atoms with E-state index in [1.807, 2.05) is 6.07 Å². The largest absolute Gasteiger partial charge is 0.484 e. The molecule has 0 saturated carbocycles. The minimum atomic E-state index is -1.02. The number of amides is 5. The SMILES string of the molecule is C[C@@H](C(=O)N1CCC2(CC1)CNC(=O)c1ccccc1O2)N1C(=O)NC(C)(C)C1=O. The third-order valence-electron chi connectivity index (χ3n) is 6.15. The number of carbonyl (C=O) groups excluding carboxylic acids is 4. The topological polar surface area (TPSA) is 108 Å². The summed E-state index contributed by atoms with van der Waals surface area (Å²) in [5, 5.41) is 5.53. The van der Waals surface area contributed by atoms with Gasteiger partial charge in [0, 0.05) is 25.9 Å². The predicted octanol–water partition coefficient (Wildman–Crippen LogP) is 0.889. The molecule has 3 aliphatic heterocycles. The van der Waals surface area contributed by atoms with Crippen molar-refractivity contribution < 1.29 is 23.9 Å². The average molecular weight is 414 g/mol. The summed E-state index contributed by atoms with van der Waals surface area (Å²) in [4.78, 5) is 52.7. The number of para-hydroxylation sites is 1. The van der Waals surface area contributed by atoms with Crippen LogP contribution in [0.5, 0.6) is 5.75 Å². The molecular formula is C21H26N4O5. The zero-order chi connectivity index (χ0) is 21.7. The number of carbonyl (C=O) groups is 4. The molecule has 1 spiro atoms. The van der Waals surface area contributed by atoms with E-state index < -0.39 is 29.1 Å². The number of nitrogens with one attached hydrogen (secondary N) is 2. The van der Waals surface area contributed by atoms with E-state index >= 15 is 0 Å². The second-order valence-corrected chi connectivity index (χ2v) is 8.70. The predicted molar refractivity (Wildman–Crippen MR) is 107 cm³/mol. The minimum Gasteiger partial charge on any atom is -0.484 e. The van der Waals surface area contributed by atoms with Crippen LogP contribution < -0.4 is 15.4 Å². The molecule has 5 amide bonds. The van der Waals surface area contributed by atoms with Crippen LogP contribution in [0.15, 0.2) is 24.3 Å². The van der Waals surface area contributed by atoms with Gasteiger partial charge >= 0.3 is 6.03 Å². The molecule has 1 aromatic rings. The number of fused-ring (bicyclic) bond motifs is 1. The summed E-state index contributed by atoms with van der Waals surface area (Å²) in [5.74, 6) is -0.310. The quantitative estimate of drug-likeness (QED) is 0.699. The van der Waals surface area contributed by atoms with E-state index in [-0.39, 0.29) is 11.8 Å². The van der Waals surface area contributed by atoms with Gasteiger partial charge in [-0.2, -0.15) is 0 Å². The lowest BCUT2D eigenvalue weighted by Crippen LogP contribution is -2.57. The van der Waals surface area contributed by atoms with E-state index in [1.54, 1.807) is 43.9 Å². The van der Waals surface area contributed by atoms with Gasteiger partial charge in [-0.3, -0.25) is 14.4 Å². The van der Waals surface area contributed by atoms with Crippen molar-refractivity contribution >= 4 is 23.8 Å². The Balaban J connectivity index is 1.45. The summed E-state index contributed by atoms with van der Waals surface area (Å²) in [6, 6.07) is 5.68. The summed E-state index contributed by atoms with van der Waals surface area (Å²) >= 11 is 0. The number of hydrogen-bond donors (Lipinski definition) is 2. The normalized spacial score (nSPS) is 23.2. The molecule has 9 heteroatoms. The van der Waals surface area contributed by atoms with E-state index in [0.29, 0.717) is 43.8 Å². The third kappa shape index (κ3) is 3.28. The Morgan fingerprint density at radius 3 is 2.43 bits per heavy atom. The zero-order valence-electron chi connectivity index (χ0n) is 17.4. The Hall–Kier alpha value is -3.10. The van der Waals surface area contributed by atoms with Crippen LogP contribution >= 0.6 is 0 Å². The summed E-state index contributed by atoms with van der Waals surface area (Å²) in [6.45, 7) is 5.99. The molecule has 0 aliphatic carbocycles. The van der Waals surface area contributed by atoms with Crippen molar-refractivity contribution in [2.24, 2.45) is 0 Å². The molecule has 0 aromatic heterocycles. The number of imide groups is 1. The van der Waals surface area contributed by atoms with Crippen LogP contribution in [0.25, 0.3) is 0 Å². The molecule has 0 radical (unpaired) electrons. The Morgan fingerprint density at radius 2 is 1.80 bits per heavy atom. The molecule has 0 bridgehead atoms. The molecule has 2 N–H and O–H groups in total. The molecule has 1 atom stereocenters. The van der Waals surface area contributed by atoms with Crippen LogP contribution in [0, 0.1) is 0 Å². The van der Waals surface area contributed by atoms with Crippen molar-refractivity contribution in [1.82, 2.24) is 20.4 Å². The fourth-order valence-corrected chi connectivity index (χ4v) is 4.26. The number of urea groups is 1. The molecule has 4 rings (SSSR count). The fraction of sp³-hybridized carbons (Fsp3) is 0.524. The lowest BCUT2D eigenvalue weighted by atomic mass is 9.90. The lowest BCUT2D eigenvalue weighted by molar-refractivity contribution is -0.144. The van der Waals surface area contributed by atoms with E-state index in [4.69, 9.17) is 4.74 Å². The number of benzene rings is 1. The summed E-state index contributed by atoms with van der Waals surface area (Å²) in [5.41, 5.74) is -1.11. The Bertz CT molecular complexity index is 920. The van der Waals surface area contributed by atoms with Crippen LogP contribution in [-0.2, 0) is 9.59 Å². The van der Waals surface area contributed by atoms with Crippen LogP contribution in [-0.4, -0.2) is 70.4 Å².